The molecule has 2 aromatic carbocycles. The highest BCUT2D eigenvalue weighted by molar-refractivity contribution is 7.07. The molecule has 0 radical (unpaired) electrons. The number of hydrogen-bond donors (Lipinski definition) is 0. The molecule has 188 valence electrons. The highest BCUT2D eigenvalue weighted by atomic mass is 35.5. The summed E-state index contributed by atoms with van der Waals surface area (Å²) in [6.07, 6.45) is 1.73. The van der Waals surface area contributed by atoms with Gasteiger partial charge >= 0.3 is 5.97 Å². The van der Waals surface area contributed by atoms with Crippen molar-refractivity contribution in [1.29, 1.82) is 0 Å². The molecule has 0 amide bonds. The summed E-state index contributed by atoms with van der Waals surface area (Å²) in [6.45, 7) is 2.04. The topological polar surface area (TPSA) is 88.4 Å². The molecule has 10 heteroatoms. The largest absolute Gasteiger partial charge is 0.493 e. The van der Waals surface area contributed by atoms with Crippen LogP contribution in [0.4, 0.5) is 0 Å². The Morgan fingerprint density at radius 2 is 1.89 bits per heavy atom. The molecule has 0 aliphatic carbocycles. The molecule has 1 atom stereocenters. The Bertz CT molecular complexity index is 1510. The molecule has 4 rings (SSSR count). The van der Waals surface area contributed by atoms with Crippen LogP contribution in [0.3, 0.4) is 0 Å². The van der Waals surface area contributed by atoms with Crippen molar-refractivity contribution in [2.75, 3.05) is 34.5 Å². The van der Waals surface area contributed by atoms with Gasteiger partial charge in [-0.3, -0.25) is 9.36 Å². The van der Waals surface area contributed by atoms with Crippen LogP contribution in [-0.2, 0) is 14.3 Å². The van der Waals surface area contributed by atoms with Gasteiger partial charge in [-0.1, -0.05) is 53.3 Å². The van der Waals surface area contributed by atoms with Crippen molar-refractivity contribution in [2.45, 2.75) is 13.0 Å². The van der Waals surface area contributed by atoms with E-state index in [0.29, 0.717) is 42.7 Å². The summed E-state index contributed by atoms with van der Waals surface area (Å²) in [7, 11) is 4.61. The van der Waals surface area contributed by atoms with E-state index >= 15 is 0 Å². The molecule has 0 fully saturated rings. The van der Waals surface area contributed by atoms with E-state index in [1.165, 1.54) is 23.0 Å². The van der Waals surface area contributed by atoms with Crippen molar-refractivity contribution in [2.24, 2.45) is 4.99 Å². The first-order chi connectivity index (χ1) is 17.4. The first-order valence-electron chi connectivity index (χ1n) is 11.0. The van der Waals surface area contributed by atoms with Gasteiger partial charge in [0.2, 0.25) is 0 Å². The summed E-state index contributed by atoms with van der Waals surface area (Å²) in [5.74, 6) is 0.471. The van der Waals surface area contributed by atoms with E-state index in [9.17, 15) is 9.59 Å². The predicted octanol–water partition coefficient (Wildman–Crippen LogP) is 3.10. The lowest BCUT2D eigenvalue weighted by atomic mass is 9.96. The Hall–Kier alpha value is -3.40. The van der Waals surface area contributed by atoms with Gasteiger partial charge in [-0.25, -0.2) is 9.79 Å². The van der Waals surface area contributed by atoms with E-state index in [4.69, 9.17) is 30.5 Å². The van der Waals surface area contributed by atoms with Gasteiger partial charge in [0.1, 0.15) is 12.6 Å². The predicted molar refractivity (Wildman–Crippen MR) is 138 cm³/mol. The molecule has 1 unspecified atom stereocenters. The minimum atomic E-state index is -0.806. The number of carbonyl (C=O) groups excluding carboxylic acids is 1. The molecule has 1 aliphatic rings. The van der Waals surface area contributed by atoms with Gasteiger partial charge in [0, 0.05) is 17.7 Å². The SMILES string of the molecule is COCCOC(=O)C1=C(C)N=c2s/c(=C\c3cccc(OC)c3OC)c(=O)n2C1c1ccccc1Cl. The molecule has 0 bridgehead atoms. The maximum absolute atomic E-state index is 13.8. The van der Waals surface area contributed by atoms with Crippen LogP contribution in [0.2, 0.25) is 5.02 Å². The lowest BCUT2D eigenvalue weighted by Crippen LogP contribution is -2.40. The molecule has 1 aliphatic heterocycles. The molecule has 36 heavy (non-hydrogen) atoms. The van der Waals surface area contributed by atoms with E-state index < -0.39 is 12.0 Å². The Kier molecular flexibility index (Phi) is 7.93. The number of ether oxygens (including phenoxy) is 4. The molecule has 0 saturated heterocycles. The third-order valence-electron chi connectivity index (χ3n) is 5.68. The second kappa shape index (κ2) is 11.1. The van der Waals surface area contributed by atoms with Crippen molar-refractivity contribution in [3.63, 3.8) is 0 Å². The van der Waals surface area contributed by atoms with Crippen LogP contribution in [0.5, 0.6) is 11.5 Å². The maximum atomic E-state index is 13.8. The van der Waals surface area contributed by atoms with Crippen molar-refractivity contribution < 1.29 is 23.7 Å². The monoisotopic (exact) mass is 528 g/mol. The standard InChI is InChI=1S/C26H25ClN2O6S/c1-15-21(25(31)35-13-12-32-2)22(17-9-5-6-10-18(17)27)29-24(30)20(36-26(29)28-15)14-16-8-7-11-19(33-3)23(16)34-4/h5-11,14,22H,12-13H2,1-4H3/b20-14-. The number of hydrogen-bond acceptors (Lipinski definition) is 8. The highest BCUT2D eigenvalue weighted by Gasteiger charge is 2.34. The van der Waals surface area contributed by atoms with Crippen LogP contribution >= 0.6 is 22.9 Å². The zero-order chi connectivity index (χ0) is 25.8. The summed E-state index contributed by atoms with van der Waals surface area (Å²) >= 11 is 7.77. The smallest absolute Gasteiger partial charge is 0.338 e. The fourth-order valence-corrected chi connectivity index (χ4v) is 5.31. The van der Waals surface area contributed by atoms with Gasteiger partial charge in [0.25, 0.3) is 5.56 Å². The van der Waals surface area contributed by atoms with Crippen LogP contribution in [0.15, 0.2) is 63.5 Å². The number of para-hydroxylation sites is 1. The highest BCUT2D eigenvalue weighted by Crippen LogP contribution is 2.35. The Morgan fingerprint density at radius 1 is 1.11 bits per heavy atom. The molecule has 0 spiro atoms. The quantitative estimate of drug-likeness (QED) is 0.330. The van der Waals surface area contributed by atoms with E-state index in [0.717, 1.165) is 0 Å². The number of aromatic nitrogens is 1. The number of rotatable bonds is 8. The van der Waals surface area contributed by atoms with Crippen molar-refractivity contribution in [3.05, 3.63) is 89.6 Å². The van der Waals surface area contributed by atoms with Gasteiger partial charge < -0.3 is 18.9 Å². The third-order valence-corrected chi connectivity index (χ3v) is 7.01. The molecule has 8 nitrogen and oxygen atoms in total. The van der Waals surface area contributed by atoms with E-state index in [1.54, 1.807) is 57.6 Å². The van der Waals surface area contributed by atoms with Crippen LogP contribution in [0, 0.1) is 0 Å². The Balaban J connectivity index is 1.93. The fourth-order valence-electron chi connectivity index (χ4n) is 4.04. The van der Waals surface area contributed by atoms with Gasteiger partial charge in [0.15, 0.2) is 16.3 Å². The van der Waals surface area contributed by atoms with Crippen LogP contribution < -0.4 is 24.4 Å². The van der Waals surface area contributed by atoms with E-state index in [-0.39, 0.29) is 24.3 Å². The fraction of sp³-hybridized carbons (Fsp3) is 0.269. The number of methoxy groups -OCH3 is 3. The molecule has 3 aromatic rings. The molecular formula is C26H25ClN2O6S. The van der Waals surface area contributed by atoms with Crippen LogP contribution in [-0.4, -0.2) is 45.1 Å². The number of thiazole rings is 1. The first kappa shape index (κ1) is 25.7. The average molecular weight is 529 g/mol. The Morgan fingerprint density at radius 3 is 2.58 bits per heavy atom. The van der Waals surface area contributed by atoms with E-state index in [2.05, 4.69) is 4.99 Å². The molecule has 0 saturated carbocycles. The zero-order valence-electron chi connectivity index (χ0n) is 20.2. The van der Waals surface area contributed by atoms with Gasteiger partial charge in [-0.15, -0.1) is 0 Å². The number of esters is 1. The molecule has 0 N–H and O–H groups in total. The van der Waals surface area contributed by atoms with Gasteiger partial charge in [-0.05, 0) is 30.7 Å². The molecular weight excluding hydrogens is 504 g/mol. The lowest BCUT2D eigenvalue weighted by Gasteiger charge is -2.25. The number of allylic oxidation sites excluding steroid dienone is 1. The van der Waals surface area contributed by atoms with E-state index in [1.807, 2.05) is 12.1 Å². The maximum Gasteiger partial charge on any atom is 0.338 e. The Labute approximate surface area is 216 Å². The molecule has 1 aromatic heterocycles. The number of nitrogens with zero attached hydrogens (tertiary/aromatic N) is 2. The van der Waals surface area contributed by atoms with Gasteiger partial charge in [0.05, 0.1) is 36.6 Å². The van der Waals surface area contributed by atoms with Crippen LogP contribution in [0.1, 0.15) is 24.1 Å². The van der Waals surface area contributed by atoms with Crippen molar-refractivity contribution >= 4 is 35.0 Å². The average Bonchev–Trinajstić information content (AvgIpc) is 3.17. The summed E-state index contributed by atoms with van der Waals surface area (Å²) in [4.78, 5) is 32.0. The number of fused-ring (bicyclic) bond motifs is 1. The summed E-state index contributed by atoms with van der Waals surface area (Å²) < 4.78 is 23.2. The minimum Gasteiger partial charge on any atom is -0.493 e. The summed E-state index contributed by atoms with van der Waals surface area (Å²) in [5.41, 5.74) is 1.65. The van der Waals surface area contributed by atoms with Gasteiger partial charge in [-0.2, -0.15) is 0 Å². The van der Waals surface area contributed by atoms with Crippen molar-refractivity contribution in [3.8, 4) is 11.5 Å². The number of benzene rings is 2. The summed E-state index contributed by atoms with van der Waals surface area (Å²) in [5, 5.41) is 0.420. The summed E-state index contributed by atoms with van der Waals surface area (Å²) in [6, 6.07) is 11.7. The number of carbonyl (C=O) groups is 1. The third kappa shape index (κ3) is 4.82. The van der Waals surface area contributed by atoms with Crippen LogP contribution in [0.25, 0.3) is 6.08 Å². The van der Waals surface area contributed by atoms with Crippen molar-refractivity contribution in [1.82, 2.24) is 4.57 Å². The second-order valence-corrected chi connectivity index (χ2v) is 9.23. The normalized spacial score (nSPS) is 15.4. The lowest BCUT2D eigenvalue weighted by molar-refractivity contribution is -0.140. The zero-order valence-corrected chi connectivity index (χ0v) is 21.8. The minimum absolute atomic E-state index is 0.0708. The second-order valence-electron chi connectivity index (χ2n) is 7.81. The first-order valence-corrected chi connectivity index (χ1v) is 12.2. The number of halogens is 1. The molecule has 2 heterocycles.